The van der Waals surface area contributed by atoms with Crippen LogP contribution in [0.25, 0.3) is 45.8 Å². The molecule has 0 unspecified atom stereocenters. The first-order valence-electron chi connectivity index (χ1n) is 19.0. The number of hydrogen-bond acceptors (Lipinski definition) is 13. The monoisotopic (exact) mass is 901 g/mol. The van der Waals surface area contributed by atoms with E-state index in [-0.39, 0.29) is 48.2 Å². The summed E-state index contributed by atoms with van der Waals surface area (Å²) in [7, 11) is 0. The van der Waals surface area contributed by atoms with Gasteiger partial charge < -0.3 is 25.4 Å². The third-order valence-electron chi connectivity index (χ3n) is 10.6. The van der Waals surface area contributed by atoms with E-state index in [4.69, 9.17) is 14.8 Å². The average Bonchev–Trinajstić information content (AvgIpc) is 4.09. The Kier molecular flexibility index (Phi) is 9.80. The molecule has 8 aromatic rings. The molecule has 17 nitrogen and oxygen atoms in total. The fraction of sp³-hybridized carbons (Fsp3) is 0.190. The van der Waals surface area contributed by atoms with Gasteiger partial charge in [-0.05, 0) is 67.9 Å². The van der Waals surface area contributed by atoms with E-state index in [1.807, 2.05) is 13.8 Å². The number of nitrogen functional groups attached to an aromatic ring is 1. The second-order valence-electron chi connectivity index (χ2n) is 15.5. The lowest BCUT2D eigenvalue weighted by molar-refractivity contribution is -0.120. The molecule has 312 valence electrons. The van der Waals surface area contributed by atoms with Gasteiger partial charge in [-0.3, -0.25) is 19.0 Å². The summed E-state index contributed by atoms with van der Waals surface area (Å²) in [6.45, 7) is 7.50. The topological polar surface area (TPSA) is 223 Å². The van der Waals surface area contributed by atoms with Crippen molar-refractivity contribution in [2.24, 2.45) is 0 Å². The first-order valence-corrected chi connectivity index (χ1v) is 19.8. The third-order valence-corrected chi connectivity index (χ3v) is 11.2. The van der Waals surface area contributed by atoms with Gasteiger partial charge in [0.2, 0.25) is 11.8 Å². The van der Waals surface area contributed by atoms with Crippen LogP contribution in [0, 0.1) is 11.6 Å². The maximum Gasteiger partial charge on any atom is 0.235 e. The number of anilines is 3. The summed E-state index contributed by atoms with van der Waals surface area (Å²) >= 11 is 3.47. The molecule has 0 fully saturated rings. The van der Waals surface area contributed by atoms with E-state index in [2.05, 4.69) is 67.0 Å². The highest BCUT2D eigenvalue weighted by atomic mass is 79.9. The fourth-order valence-corrected chi connectivity index (χ4v) is 8.07. The molecule has 0 radical (unpaired) electrons. The molecular weight excluding hydrogens is 868 g/mol. The Bertz CT molecular complexity index is 2830. The predicted octanol–water partition coefficient (Wildman–Crippen LogP) is 7.17. The summed E-state index contributed by atoms with van der Waals surface area (Å²) in [5, 5.41) is 22.7. The summed E-state index contributed by atoms with van der Waals surface area (Å²) in [6, 6.07) is 19.8. The Hall–Kier alpha value is -7.48. The SMILES string of the molecule is CC1(C)C(=O)Nc2nc(-c3cc(-c4ccon4)n(Cc4ccccc4F)n3)nc(Br)c21.CC1(C)C(=O)Nc2nc(-c3cc(-c4ccon4)n(Cc4ccccc4F)n3)nc(N)c21. The summed E-state index contributed by atoms with van der Waals surface area (Å²) in [4.78, 5) is 42.5. The number of nitrogens with one attached hydrogen (secondary N) is 2. The molecule has 6 aromatic heterocycles. The number of carbonyl (C=O) groups is 2. The molecule has 4 N–H and O–H groups in total. The number of halogens is 3. The quantitative estimate of drug-likeness (QED) is 0.129. The van der Waals surface area contributed by atoms with Crippen molar-refractivity contribution in [2.45, 2.75) is 51.6 Å². The molecular formula is C42H34BrF2N13O4. The molecule has 62 heavy (non-hydrogen) atoms. The molecule has 0 bridgehead atoms. The number of carbonyl (C=O) groups excluding carboxylic acids is 2. The van der Waals surface area contributed by atoms with E-state index >= 15 is 0 Å². The average molecular weight is 903 g/mol. The van der Waals surface area contributed by atoms with E-state index in [1.54, 1.807) is 83.9 Å². The van der Waals surface area contributed by atoms with Crippen molar-refractivity contribution in [1.29, 1.82) is 0 Å². The van der Waals surface area contributed by atoms with E-state index in [0.717, 1.165) is 0 Å². The minimum absolute atomic E-state index is 0.150. The van der Waals surface area contributed by atoms with Crippen molar-refractivity contribution in [3.8, 4) is 45.8 Å². The molecule has 0 atom stereocenters. The van der Waals surface area contributed by atoms with Gasteiger partial charge in [0.15, 0.2) is 11.6 Å². The van der Waals surface area contributed by atoms with Gasteiger partial charge in [-0.15, -0.1) is 0 Å². The summed E-state index contributed by atoms with van der Waals surface area (Å²) < 4.78 is 42.2. The van der Waals surface area contributed by atoms with Crippen molar-refractivity contribution in [3.05, 3.63) is 124 Å². The van der Waals surface area contributed by atoms with Gasteiger partial charge in [-0.2, -0.15) is 10.2 Å². The summed E-state index contributed by atoms with van der Waals surface area (Å²) in [5.74, 6) is 0.558. The molecule has 10 rings (SSSR count). The van der Waals surface area contributed by atoms with Crippen LogP contribution in [0.1, 0.15) is 49.9 Å². The minimum Gasteiger partial charge on any atom is -0.383 e. The molecule has 2 aliphatic rings. The van der Waals surface area contributed by atoms with Gasteiger partial charge in [0.05, 0.1) is 40.9 Å². The lowest BCUT2D eigenvalue weighted by Crippen LogP contribution is -2.27. The zero-order chi connectivity index (χ0) is 43.5. The number of amides is 2. The van der Waals surface area contributed by atoms with Crippen LogP contribution in [-0.4, -0.2) is 61.6 Å². The largest absolute Gasteiger partial charge is 0.383 e. The standard InChI is InChI=1S/C21H16BrFN6O2.C21H18FN7O2/c1-21(2)16-17(22)24-18(25-19(16)26-20(21)30)14-9-15(13-7-8-31-28-13)29(27-14)10-11-5-3-4-6-12(11)23;1-21(2)16-17(23)24-18(25-19(16)26-20(21)30)14-9-15(13-7-8-31-28-13)29(27-14)10-11-5-3-4-6-12(11)22/h3-9H,10H2,1-2H3,(H,24,25,26,30);3-9H,10H2,1-2H3,(H3,23,24,25,26,30). The highest BCUT2D eigenvalue weighted by Gasteiger charge is 2.43. The van der Waals surface area contributed by atoms with Crippen LogP contribution in [-0.2, 0) is 33.5 Å². The maximum atomic E-state index is 14.2. The van der Waals surface area contributed by atoms with Crippen LogP contribution < -0.4 is 16.4 Å². The van der Waals surface area contributed by atoms with Gasteiger partial charge in [-0.1, -0.05) is 46.7 Å². The maximum absolute atomic E-state index is 14.2. The number of hydrogen-bond donors (Lipinski definition) is 3. The summed E-state index contributed by atoms with van der Waals surface area (Å²) in [6.07, 6.45) is 2.90. The molecule has 8 heterocycles. The molecule has 0 spiro atoms. The Morgan fingerprint density at radius 1 is 0.645 bits per heavy atom. The molecule has 2 aromatic carbocycles. The highest BCUT2D eigenvalue weighted by molar-refractivity contribution is 9.10. The third kappa shape index (κ3) is 7.06. The van der Waals surface area contributed by atoms with Gasteiger partial charge in [0.25, 0.3) is 0 Å². The van der Waals surface area contributed by atoms with Crippen LogP contribution in [0.2, 0.25) is 0 Å². The highest BCUT2D eigenvalue weighted by Crippen LogP contribution is 2.42. The van der Waals surface area contributed by atoms with E-state index in [9.17, 15) is 18.4 Å². The number of nitrogens with zero attached hydrogens (tertiary/aromatic N) is 10. The Labute approximate surface area is 358 Å². The van der Waals surface area contributed by atoms with Crippen LogP contribution in [0.5, 0.6) is 0 Å². The van der Waals surface area contributed by atoms with Crippen LogP contribution in [0.4, 0.5) is 26.2 Å². The number of nitrogens with two attached hydrogens (primary N) is 1. The number of fused-ring (bicyclic) bond motifs is 2. The van der Waals surface area contributed by atoms with Crippen molar-refractivity contribution >= 4 is 45.2 Å². The lowest BCUT2D eigenvalue weighted by Gasteiger charge is -2.15. The zero-order valence-corrected chi connectivity index (χ0v) is 34.9. The number of rotatable bonds is 8. The fourth-order valence-electron chi connectivity index (χ4n) is 7.22. The predicted molar refractivity (Wildman–Crippen MR) is 224 cm³/mol. The van der Waals surface area contributed by atoms with Crippen molar-refractivity contribution in [2.75, 3.05) is 16.4 Å². The Balaban J connectivity index is 0.000000158. The van der Waals surface area contributed by atoms with Crippen LogP contribution in [0.3, 0.4) is 0 Å². The second kappa shape index (κ2) is 15.2. The van der Waals surface area contributed by atoms with Crippen molar-refractivity contribution < 1.29 is 27.4 Å². The zero-order valence-electron chi connectivity index (χ0n) is 33.3. The van der Waals surface area contributed by atoms with Gasteiger partial charge in [0, 0.05) is 28.8 Å². The van der Waals surface area contributed by atoms with Crippen molar-refractivity contribution in [1.82, 2.24) is 49.8 Å². The molecule has 20 heteroatoms. The minimum atomic E-state index is -0.825. The van der Waals surface area contributed by atoms with Gasteiger partial charge in [0.1, 0.15) is 69.0 Å². The summed E-state index contributed by atoms with van der Waals surface area (Å²) in [5.41, 5.74) is 9.95. The van der Waals surface area contributed by atoms with Gasteiger partial charge in [-0.25, -0.2) is 28.7 Å². The molecule has 2 aliphatic heterocycles. The normalized spacial score (nSPS) is 14.5. The van der Waals surface area contributed by atoms with Crippen LogP contribution >= 0.6 is 15.9 Å². The second-order valence-corrected chi connectivity index (χ2v) is 16.2. The Morgan fingerprint density at radius 2 is 1.10 bits per heavy atom. The van der Waals surface area contributed by atoms with Crippen LogP contribution in [0.15, 0.2) is 99.0 Å². The smallest absolute Gasteiger partial charge is 0.235 e. The molecule has 0 saturated carbocycles. The number of aromatic nitrogens is 10. The van der Waals surface area contributed by atoms with E-state index in [1.165, 1.54) is 24.7 Å². The van der Waals surface area contributed by atoms with E-state index in [0.29, 0.717) is 78.5 Å². The van der Waals surface area contributed by atoms with Crippen molar-refractivity contribution in [3.63, 3.8) is 0 Å². The van der Waals surface area contributed by atoms with Gasteiger partial charge >= 0.3 is 0 Å². The first-order chi connectivity index (χ1) is 29.7. The Morgan fingerprint density at radius 3 is 1.56 bits per heavy atom. The van der Waals surface area contributed by atoms with E-state index < -0.39 is 10.8 Å². The molecule has 0 aliphatic carbocycles. The first kappa shape index (κ1) is 40.0. The molecule has 0 saturated heterocycles. The number of benzene rings is 2. The molecule has 2 amide bonds. The lowest BCUT2D eigenvalue weighted by atomic mass is 9.87.